The van der Waals surface area contributed by atoms with Crippen molar-refractivity contribution < 1.29 is 0 Å². The number of amidine groups is 1. The van der Waals surface area contributed by atoms with Gasteiger partial charge in [0.2, 0.25) is 0 Å². The Bertz CT molecular complexity index is 1060. The molecular formula is C17H15ClN6. The number of nitrogen functional groups attached to an aromatic ring is 1. The number of hydrogen-bond donors (Lipinski definition) is 4. The van der Waals surface area contributed by atoms with Gasteiger partial charge in [-0.15, -0.1) is 0 Å². The van der Waals surface area contributed by atoms with Gasteiger partial charge in [0, 0.05) is 23.4 Å². The number of H-pyrrole nitrogens is 2. The molecule has 4 rings (SSSR count). The highest BCUT2D eigenvalue weighted by atomic mass is 35.5. The van der Waals surface area contributed by atoms with Crippen LogP contribution >= 0.6 is 11.6 Å². The number of nitrogens with two attached hydrogens (primary N) is 1. The number of nitrogens with zero attached hydrogens (tertiary/aromatic N) is 2. The van der Waals surface area contributed by atoms with Crippen LogP contribution in [0.4, 0.5) is 0 Å². The zero-order chi connectivity index (χ0) is 16.7. The molecule has 0 fully saturated rings. The molecule has 0 aliphatic rings. The molecular weight excluding hydrogens is 324 g/mol. The van der Waals surface area contributed by atoms with Gasteiger partial charge < -0.3 is 15.7 Å². The fourth-order valence-corrected chi connectivity index (χ4v) is 2.91. The van der Waals surface area contributed by atoms with Crippen molar-refractivity contribution in [3.05, 3.63) is 58.6 Å². The first-order valence-corrected chi connectivity index (χ1v) is 7.93. The van der Waals surface area contributed by atoms with Crippen LogP contribution in [0.25, 0.3) is 22.1 Å². The molecule has 120 valence electrons. The quantitative estimate of drug-likeness (QED) is 0.339. The van der Waals surface area contributed by atoms with Gasteiger partial charge in [0.1, 0.15) is 17.5 Å². The van der Waals surface area contributed by atoms with Crippen LogP contribution in [0.15, 0.2) is 36.4 Å². The summed E-state index contributed by atoms with van der Waals surface area (Å²) in [6.07, 6.45) is 1.48. The molecule has 5 N–H and O–H groups in total. The predicted molar refractivity (Wildman–Crippen MR) is 95.6 cm³/mol. The van der Waals surface area contributed by atoms with Gasteiger partial charge in [-0.3, -0.25) is 5.41 Å². The summed E-state index contributed by atoms with van der Waals surface area (Å²) in [6.45, 7) is 0. The zero-order valence-electron chi connectivity index (χ0n) is 12.7. The average molecular weight is 339 g/mol. The van der Waals surface area contributed by atoms with Crippen molar-refractivity contribution in [2.24, 2.45) is 5.73 Å². The number of rotatable bonds is 4. The number of nitrogens with one attached hydrogen (secondary N) is 3. The number of benzene rings is 2. The Morgan fingerprint density at radius 2 is 1.67 bits per heavy atom. The summed E-state index contributed by atoms with van der Waals surface area (Å²) in [5, 5.41) is 8.19. The third kappa shape index (κ3) is 2.72. The topological polar surface area (TPSA) is 107 Å². The molecule has 0 unspecified atom stereocenters. The van der Waals surface area contributed by atoms with Gasteiger partial charge in [-0.05, 0) is 36.4 Å². The largest absolute Gasteiger partial charge is 0.384 e. The summed E-state index contributed by atoms with van der Waals surface area (Å²) >= 11 is 5.99. The molecule has 2 heterocycles. The highest BCUT2D eigenvalue weighted by molar-refractivity contribution is 6.31. The SMILES string of the molecule is N=C(N)c1ccc2[nH]c(CCc3nc4ccc(Cl)cc4[nH]3)nc2c1. The van der Waals surface area contributed by atoms with Crippen LogP contribution in [0.3, 0.4) is 0 Å². The molecule has 0 aliphatic carbocycles. The summed E-state index contributed by atoms with van der Waals surface area (Å²) in [4.78, 5) is 15.7. The maximum absolute atomic E-state index is 7.50. The van der Waals surface area contributed by atoms with Crippen molar-refractivity contribution in [1.82, 2.24) is 19.9 Å². The lowest BCUT2D eigenvalue weighted by Gasteiger charge is -1.95. The van der Waals surface area contributed by atoms with Gasteiger partial charge in [0.25, 0.3) is 0 Å². The van der Waals surface area contributed by atoms with E-state index >= 15 is 0 Å². The molecule has 0 aliphatic heterocycles. The van der Waals surface area contributed by atoms with Gasteiger partial charge in [0.15, 0.2) is 0 Å². The van der Waals surface area contributed by atoms with Crippen LogP contribution in [0.5, 0.6) is 0 Å². The van der Waals surface area contributed by atoms with E-state index in [1.54, 1.807) is 0 Å². The molecule has 0 saturated carbocycles. The monoisotopic (exact) mass is 338 g/mol. The Kier molecular flexibility index (Phi) is 3.46. The lowest BCUT2D eigenvalue weighted by atomic mass is 10.2. The van der Waals surface area contributed by atoms with E-state index in [0.29, 0.717) is 10.6 Å². The van der Waals surface area contributed by atoms with Crippen molar-refractivity contribution in [2.75, 3.05) is 0 Å². The minimum atomic E-state index is 0.0439. The molecule has 0 amide bonds. The zero-order valence-corrected chi connectivity index (χ0v) is 13.5. The standard InChI is InChI=1S/C17H15ClN6/c18-10-2-4-12-14(8-10)24-16(22-12)6-5-15-21-11-3-1-9(17(19)20)7-13(11)23-15/h1-4,7-8H,5-6H2,(H3,19,20)(H,21,23)(H,22,24). The van der Waals surface area contributed by atoms with Crippen molar-refractivity contribution in [1.29, 1.82) is 5.41 Å². The third-order valence-electron chi connectivity index (χ3n) is 3.93. The van der Waals surface area contributed by atoms with E-state index < -0.39 is 0 Å². The maximum Gasteiger partial charge on any atom is 0.122 e. The second kappa shape index (κ2) is 5.65. The van der Waals surface area contributed by atoms with E-state index in [0.717, 1.165) is 46.6 Å². The first-order valence-electron chi connectivity index (χ1n) is 7.56. The molecule has 7 heteroatoms. The van der Waals surface area contributed by atoms with Crippen LogP contribution in [0.1, 0.15) is 17.2 Å². The number of imidazole rings is 2. The smallest absolute Gasteiger partial charge is 0.122 e. The number of aromatic nitrogens is 4. The Morgan fingerprint density at radius 3 is 2.42 bits per heavy atom. The summed E-state index contributed by atoms with van der Waals surface area (Å²) in [5.74, 6) is 1.82. The predicted octanol–water partition coefficient (Wildman–Crippen LogP) is 3.16. The summed E-state index contributed by atoms with van der Waals surface area (Å²) < 4.78 is 0. The van der Waals surface area contributed by atoms with Gasteiger partial charge in [-0.25, -0.2) is 9.97 Å². The van der Waals surface area contributed by atoms with E-state index in [1.165, 1.54) is 0 Å². The second-order valence-electron chi connectivity index (χ2n) is 5.67. The molecule has 0 bridgehead atoms. The molecule has 2 aromatic heterocycles. The first-order chi connectivity index (χ1) is 11.6. The summed E-state index contributed by atoms with van der Waals surface area (Å²) in [7, 11) is 0. The van der Waals surface area contributed by atoms with Crippen LogP contribution < -0.4 is 5.73 Å². The fraction of sp³-hybridized carbons (Fsp3) is 0.118. The van der Waals surface area contributed by atoms with Crippen LogP contribution in [-0.4, -0.2) is 25.8 Å². The maximum atomic E-state index is 7.50. The van der Waals surface area contributed by atoms with Crippen molar-refractivity contribution in [3.8, 4) is 0 Å². The summed E-state index contributed by atoms with van der Waals surface area (Å²) in [6, 6.07) is 11.1. The molecule has 0 spiro atoms. The van der Waals surface area contributed by atoms with Crippen LogP contribution in [-0.2, 0) is 12.8 Å². The molecule has 24 heavy (non-hydrogen) atoms. The van der Waals surface area contributed by atoms with Crippen LogP contribution in [0, 0.1) is 5.41 Å². The van der Waals surface area contributed by atoms with Crippen LogP contribution in [0.2, 0.25) is 5.02 Å². The molecule has 4 aromatic rings. The van der Waals surface area contributed by atoms with Crippen molar-refractivity contribution in [3.63, 3.8) is 0 Å². The van der Waals surface area contributed by atoms with E-state index in [9.17, 15) is 0 Å². The fourth-order valence-electron chi connectivity index (χ4n) is 2.73. The molecule has 2 aromatic carbocycles. The number of hydrogen-bond acceptors (Lipinski definition) is 3. The van der Waals surface area contributed by atoms with Crippen molar-refractivity contribution in [2.45, 2.75) is 12.8 Å². The van der Waals surface area contributed by atoms with E-state index in [4.69, 9.17) is 22.7 Å². The first kappa shape index (κ1) is 14.7. The Balaban J connectivity index is 1.56. The minimum absolute atomic E-state index is 0.0439. The van der Waals surface area contributed by atoms with E-state index in [2.05, 4.69) is 19.9 Å². The molecule has 0 atom stereocenters. The lowest BCUT2D eigenvalue weighted by Crippen LogP contribution is -2.10. The Hall–Kier alpha value is -2.86. The van der Waals surface area contributed by atoms with Gasteiger partial charge >= 0.3 is 0 Å². The number of halogens is 1. The average Bonchev–Trinajstić information content (AvgIpc) is 3.14. The molecule has 0 saturated heterocycles. The minimum Gasteiger partial charge on any atom is -0.384 e. The van der Waals surface area contributed by atoms with Gasteiger partial charge in [-0.1, -0.05) is 11.6 Å². The molecule has 6 nitrogen and oxygen atoms in total. The van der Waals surface area contributed by atoms with Crippen molar-refractivity contribution >= 4 is 39.5 Å². The Labute approximate surface area is 142 Å². The van der Waals surface area contributed by atoms with Gasteiger partial charge in [0.05, 0.1) is 22.1 Å². The number of fused-ring (bicyclic) bond motifs is 2. The normalized spacial score (nSPS) is 11.4. The second-order valence-corrected chi connectivity index (χ2v) is 6.11. The molecule has 0 radical (unpaired) electrons. The number of aromatic amines is 2. The summed E-state index contributed by atoms with van der Waals surface area (Å²) in [5.41, 5.74) is 9.79. The van der Waals surface area contributed by atoms with E-state index in [-0.39, 0.29) is 5.84 Å². The highest BCUT2D eigenvalue weighted by Crippen LogP contribution is 2.18. The Morgan fingerprint density at radius 1 is 0.958 bits per heavy atom. The van der Waals surface area contributed by atoms with Gasteiger partial charge in [-0.2, -0.15) is 0 Å². The van der Waals surface area contributed by atoms with E-state index in [1.807, 2.05) is 36.4 Å². The third-order valence-corrected chi connectivity index (χ3v) is 4.17. The highest BCUT2D eigenvalue weighted by Gasteiger charge is 2.08. The lowest BCUT2D eigenvalue weighted by molar-refractivity contribution is 0.844. The number of aryl methyl sites for hydroxylation is 2.